The maximum Gasteiger partial charge on any atom is 0.241 e. The second kappa shape index (κ2) is 6.15. The molecule has 5 nitrogen and oxygen atoms in total. The summed E-state index contributed by atoms with van der Waals surface area (Å²) in [6.45, 7) is 1.76. The zero-order chi connectivity index (χ0) is 15.5. The van der Waals surface area contributed by atoms with Gasteiger partial charge in [-0.1, -0.05) is 12.1 Å². The maximum absolute atomic E-state index is 12.2. The molecule has 2 N–H and O–H groups in total. The van der Waals surface area contributed by atoms with Crippen LogP contribution in [-0.4, -0.2) is 20.6 Å². The zero-order valence-corrected chi connectivity index (χ0v) is 12.6. The Morgan fingerprint density at radius 1 is 1.05 bits per heavy atom. The van der Waals surface area contributed by atoms with Gasteiger partial charge in [-0.3, -0.25) is 0 Å². The topological polar surface area (TPSA) is 75.6 Å². The van der Waals surface area contributed by atoms with E-state index in [1.54, 1.807) is 26.2 Å². The molecule has 0 spiro atoms. The van der Waals surface area contributed by atoms with Crippen LogP contribution < -0.4 is 9.46 Å². The van der Waals surface area contributed by atoms with Crippen LogP contribution in [-0.2, 0) is 10.0 Å². The molecule has 0 aliphatic rings. The second-order valence-corrected chi connectivity index (χ2v) is 6.32. The van der Waals surface area contributed by atoms with Crippen molar-refractivity contribution in [2.45, 2.75) is 17.9 Å². The van der Waals surface area contributed by atoms with Gasteiger partial charge in [0.2, 0.25) is 10.0 Å². The lowest BCUT2D eigenvalue weighted by atomic mass is 10.1. The van der Waals surface area contributed by atoms with Crippen molar-refractivity contribution in [2.24, 2.45) is 0 Å². The molecule has 1 atom stereocenters. The fourth-order valence-corrected chi connectivity index (χ4v) is 3.12. The van der Waals surface area contributed by atoms with Gasteiger partial charge in [0.25, 0.3) is 0 Å². The molecule has 0 amide bonds. The van der Waals surface area contributed by atoms with Gasteiger partial charge in [0, 0.05) is 6.04 Å². The molecule has 0 aliphatic carbocycles. The van der Waals surface area contributed by atoms with Gasteiger partial charge in [-0.25, -0.2) is 13.1 Å². The summed E-state index contributed by atoms with van der Waals surface area (Å²) in [6, 6.07) is 12.2. The Hall–Kier alpha value is -2.05. The fraction of sp³-hybridized carbons (Fsp3) is 0.200. The summed E-state index contributed by atoms with van der Waals surface area (Å²) < 4.78 is 32.1. The maximum atomic E-state index is 12.2. The number of rotatable bonds is 5. The minimum Gasteiger partial charge on any atom is -0.508 e. The van der Waals surface area contributed by atoms with Gasteiger partial charge in [-0.2, -0.15) is 0 Å². The summed E-state index contributed by atoms with van der Waals surface area (Å²) in [5.41, 5.74) is 0.832. The summed E-state index contributed by atoms with van der Waals surface area (Å²) in [6.07, 6.45) is 0. The first-order chi connectivity index (χ1) is 9.92. The van der Waals surface area contributed by atoms with Crippen LogP contribution >= 0.6 is 0 Å². The van der Waals surface area contributed by atoms with Gasteiger partial charge < -0.3 is 9.84 Å². The average molecular weight is 307 g/mol. The van der Waals surface area contributed by atoms with E-state index in [9.17, 15) is 13.5 Å². The van der Waals surface area contributed by atoms with Crippen molar-refractivity contribution in [3.8, 4) is 11.5 Å². The highest BCUT2D eigenvalue weighted by molar-refractivity contribution is 7.89. The van der Waals surface area contributed by atoms with Gasteiger partial charge in [0.05, 0.1) is 12.0 Å². The molecule has 0 saturated heterocycles. The lowest BCUT2D eigenvalue weighted by Gasteiger charge is -2.15. The predicted molar refractivity (Wildman–Crippen MR) is 79.8 cm³/mol. The first-order valence-corrected chi connectivity index (χ1v) is 7.86. The van der Waals surface area contributed by atoms with Crippen LogP contribution in [0.4, 0.5) is 0 Å². The van der Waals surface area contributed by atoms with E-state index in [1.165, 1.54) is 24.3 Å². The zero-order valence-electron chi connectivity index (χ0n) is 11.8. The number of aromatic hydroxyl groups is 1. The van der Waals surface area contributed by atoms with Crippen LogP contribution in [0.15, 0.2) is 53.4 Å². The minimum absolute atomic E-state index is 0.0251. The van der Waals surface area contributed by atoms with Crippen molar-refractivity contribution in [2.75, 3.05) is 7.11 Å². The summed E-state index contributed by atoms with van der Waals surface area (Å²) in [7, 11) is -2.06. The van der Waals surface area contributed by atoms with Crippen molar-refractivity contribution < 1.29 is 18.3 Å². The van der Waals surface area contributed by atoms with Crippen LogP contribution in [0.5, 0.6) is 11.5 Å². The highest BCUT2D eigenvalue weighted by Crippen LogP contribution is 2.20. The largest absolute Gasteiger partial charge is 0.508 e. The third-order valence-electron chi connectivity index (χ3n) is 3.09. The molecule has 0 aliphatic heterocycles. The second-order valence-electron chi connectivity index (χ2n) is 4.61. The van der Waals surface area contributed by atoms with Crippen LogP contribution in [0.25, 0.3) is 0 Å². The number of methoxy groups -OCH3 is 1. The third-order valence-corrected chi connectivity index (χ3v) is 4.65. The van der Waals surface area contributed by atoms with Crippen molar-refractivity contribution in [1.82, 2.24) is 4.72 Å². The molecule has 21 heavy (non-hydrogen) atoms. The summed E-state index contributed by atoms with van der Waals surface area (Å²) in [5, 5.41) is 9.20. The Morgan fingerprint density at radius 3 is 2.14 bits per heavy atom. The first-order valence-electron chi connectivity index (χ1n) is 6.37. The summed E-state index contributed by atoms with van der Waals surface area (Å²) in [5.74, 6) is 0.740. The quantitative estimate of drug-likeness (QED) is 0.889. The van der Waals surface area contributed by atoms with E-state index in [0.29, 0.717) is 5.75 Å². The van der Waals surface area contributed by atoms with Crippen molar-refractivity contribution in [1.29, 1.82) is 0 Å². The summed E-state index contributed by atoms with van der Waals surface area (Å²) in [4.78, 5) is 0.112. The Labute approximate surface area is 124 Å². The van der Waals surface area contributed by atoms with Crippen molar-refractivity contribution >= 4 is 10.0 Å². The number of nitrogens with one attached hydrogen (secondary N) is 1. The van der Waals surface area contributed by atoms with E-state index in [0.717, 1.165) is 5.56 Å². The van der Waals surface area contributed by atoms with Crippen LogP contribution in [0.3, 0.4) is 0 Å². The van der Waals surface area contributed by atoms with E-state index in [4.69, 9.17) is 4.74 Å². The van der Waals surface area contributed by atoms with Crippen molar-refractivity contribution in [3.05, 3.63) is 54.1 Å². The lowest BCUT2D eigenvalue weighted by molar-refractivity contribution is 0.414. The Bertz CT molecular complexity index is 693. The van der Waals surface area contributed by atoms with Gasteiger partial charge in [-0.15, -0.1) is 0 Å². The van der Waals surface area contributed by atoms with Gasteiger partial charge >= 0.3 is 0 Å². The number of ether oxygens (including phenoxy) is 1. The molecule has 0 fully saturated rings. The first kappa shape index (κ1) is 15.3. The third kappa shape index (κ3) is 3.74. The van der Waals surface area contributed by atoms with E-state index in [1.807, 2.05) is 12.1 Å². The van der Waals surface area contributed by atoms with E-state index < -0.39 is 10.0 Å². The molecule has 6 heteroatoms. The molecule has 112 valence electrons. The minimum atomic E-state index is -3.63. The van der Waals surface area contributed by atoms with Gasteiger partial charge in [0.1, 0.15) is 11.5 Å². The molecule has 2 rings (SSSR count). The van der Waals surface area contributed by atoms with Crippen LogP contribution in [0.1, 0.15) is 18.5 Å². The lowest BCUT2D eigenvalue weighted by Crippen LogP contribution is -2.26. The Morgan fingerprint density at radius 2 is 1.62 bits per heavy atom. The molecule has 0 aromatic heterocycles. The molecule has 2 aromatic carbocycles. The molecular weight excluding hydrogens is 290 g/mol. The number of phenolic OH excluding ortho intramolecular Hbond substituents is 1. The molecule has 0 radical (unpaired) electrons. The Kier molecular flexibility index (Phi) is 4.50. The standard InChI is InChI=1S/C15H17NO4S/c1-11(12-3-7-14(20-2)8-4-12)16-21(18,19)15-9-5-13(17)6-10-15/h3-11,16-17H,1-2H3. The highest BCUT2D eigenvalue weighted by atomic mass is 32.2. The molecule has 1 unspecified atom stereocenters. The van der Waals surface area contributed by atoms with Crippen molar-refractivity contribution in [3.63, 3.8) is 0 Å². The monoisotopic (exact) mass is 307 g/mol. The van der Waals surface area contributed by atoms with Crippen LogP contribution in [0, 0.1) is 0 Å². The summed E-state index contributed by atoms with van der Waals surface area (Å²) >= 11 is 0. The van der Waals surface area contributed by atoms with E-state index >= 15 is 0 Å². The highest BCUT2D eigenvalue weighted by Gasteiger charge is 2.18. The van der Waals surface area contributed by atoms with Gasteiger partial charge in [0.15, 0.2) is 0 Å². The fourth-order valence-electron chi connectivity index (χ4n) is 1.89. The SMILES string of the molecule is COc1ccc(C(C)NS(=O)(=O)c2ccc(O)cc2)cc1. The number of hydrogen-bond donors (Lipinski definition) is 2. The molecule has 0 saturated carbocycles. The molecule has 0 heterocycles. The average Bonchev–Trinajstić information content (AvgIpc) is 2.47. The molecular formula is C15H17NO4S. The van der Waals surface area contributed by atoms with Gasteiger partial charge in [-0.05, 0) is 48.9 Å². The number of sulfonamides is 1. The normalized spacial score (nSPS) is 12.9. The molecule has 0 bridgehead atoms. The van der Waals surface area contributed by atoms with E-state index in [-0.39, 0.29) is 16.7 Å². The van der Waals surface area contributed by atoms with E-state index in [2.05, 4.69) is 4.72 Å². The molecule has 2 aromatic rings. The number of benzene rings is 2. The Balaban J connectivity index is 2.17. The number of hydrogen-bond acceptors (Lipinski definition) is 4. The predicted octanol–water partition coefficient (Wildman–Crippen LogP) is 2.44. The van der Waals surface area contributed by atoms with Crippen LogP contribution in [0.2, 0.25) is 0 Å². The number of phenols is 1. The smallest absolute Gasteiger partial charge is 0.241 e.